The third-order valence-corrected chi connectivity index (χ3v) is 4.90. The molecule has 0 bridgehead atoms. The molecule has 1 fully saturated rings. The number of hydrogen-bond acceptors (Lipinski definition) is 3. The molecule has 0 aliphatic heterocycles. The average Bonchev–Trinajstić information content (AvgIpc) is 2.68. The van der Waals surface area contributed by atoms with E-state index in [0.29, 0.717) is 11.3 Å². The first-order chi connectivity index (χ1) is 12.9. The maximum Gasteiger partial charge on any atom is 0.334 e. The first-order valence-electron chi connectivity index (χ1n) is 8.93. The molecule has 0 heterocycles. The van der Waals surface area contributed by atoms with Crippen LogP contribution in [0.15, 0.2) is 47.6 Å². The first kappa shape index (κ1) is 19.3. The number of benzene rings is 2. The third-order valence-electron chi connectivity index (χ3n) is 4.90. The van der Waals surface area contributed by atoms with Gasteiger partial charge in [0.15, 0.2) is 0 Å². The molecule has 0 spiro atoms. The zero-order valence-electron chi connectivity index (χ0n) is 14.6. The number of alkyl halides is 4. The van der Waals surface area contributed by atoms with Crippen molar-refractivity contribution in [3.63, 3.8) is 0 Å². The highest BCUT2D eigenvalue weighted by molar-refractivity contribution is 5.82. The highest BCUT2D eigenvalue weighted by Crippen LogP contribution is 2.46. The van der Waals surface area contributed by atoms with Crippen LogP contribution in [0.25, 0.3) is 11.1 Å². The second kappa shape index (κ2) is 8.06. The molecule has 0 atom stereocenters. The van der Waals surface area contributed by atoms with Crippen molar-refractivity contribution >= 4 is 11.4 Å². The molecule has 7 heteroatoms. The van der Waals surface area contributed by atoms with Crippen LogP contribution in [0.3, 0.4) is 0 Å². The Bertz CT molecular complexity index is 790. The fourth-order valence-corrected chi connectivity index (χ4v) is 3.51. The van der Waals surface area contributed by atoms with Crippen molar-refractivity contribution in [2.24, 2.45) is 5.18 Å². The van der Waals surface area contributed by atoms with Crippen LogP contribution < -0.4 is 5.32 Å². The Labute approximate surface area is 154 Å². The zero-order chi connectivity index (χ0) is 19.4. The molecule has 1 aliphatic rings. The molecule has 0 radical (unpaired) electrons. The maximum absolute atomic E-state index is 14.2. The smallest absolute Gasteiger partial charge is 0.334 e. The van der Waals surface area contributed by atoms with Gasteiger partial charge in [-0.3, -0.25) is 0 Å². The number of nitrogens with one attached hydrogen (secondary N) is 1. The lowest BCUT2D eigenvalue weighted by atomic mass is 9.93. The molecule has 2 aromatic rings. The van der Waals surface area contributed by atoms with Crippen molar-refractivity contribution in [2.75, 3.05) is 5.32 Å². The normalized spacial score (nSPS) is 15.7. The van der Waals surface area contributed by atoms with Gasteiger partial charge in [0.25, 0.3) is 0 Å². The van der Waals surface area contributed by atoms with Crippen LogP contribution >= 0.6 is 0 Å². The number of nitrogens with zero attached hydrogens (tertiary/aromatic N) is 1. The Hall–Kier alpha value is -2.44. The standard InChI is InChI=1S/C20H20F4N2O/c21-19(22)20(23,24)17-12-15(25-14-9-5-2-6-10-14)11-16(18(17)26-27)13-7-3-1-4-8-13/h1,3-4,7-8,11-12,14,19,25H,2,5-6,9-10H2. The molecule has 0 aromatic heterocycles. The number of halogens is 4. The monoisotopic (exact) mass is 380 g/mol. The molecule has 144 valence electrons. The molecule has 0 amide bonds. The van der Waals surface area contributed by atoms with E-state index in [0.717, 1.165) is 38.2 Å². The minimum Gasteiger partial charge on any atom is -0.382 e. The van der Waals surface area contributed by atoms with Crippen molar-refractivity contribution < 1.29 is 17.6 Å². The molecule has 0 saturated heterocycles. The topological polar surface area (TPSA) is 41.5 Å². The summed E-state index contributed by atoms with van der Waals surface area (Å²) in [5.74, 6) is -4.48. The van der Waals surface area contributed by atoms with Gasteiger partial charge in [-0.2, -0.15) is 8.78 Å². The van der Waals surface area contributed by atoms with E-state index in [2.05, 4.69) is 10.5 Å². The summed E-state index contributed by atoms with van der Waals surface area (Å²) in [5.41, 5.74) is -0.830. The highest BCUT2D eigenvalue weighted by Gasteiger charge is 2.45. The number of nitroso groups, excluding NO2 is 1. The van der Waals surface area contributed by atoms with Gasteiger partial charge in [-0.15, -0.1) is 4.91 Å². The van der Waals surface area contributed by atoms with Gasteiger partial charge in [0.2, 0.25) is 0 Å². The van der Waals surface area contributed by atoms with Gasteiger partial charge in [0.1, 0.15) is 5.69 Å². The summed E-state index contributed by atoms with van der Waals surface area (Å²) in [4.78, 5) is 11.3. The van der Waals surface area contributed by atoms with E-state index >= 15 is 0 Å². The predicted molar refractivity (Wildman–Crippen MR) is 97.7 cm³/mol. The van der Waals surface area contributed by atoms with Crippen molar-refractivity contribution in [3.8, 4) is 11.1 Å². The van der Waals surface area contributed by atoms with E-state index < -0.39 is 23.6 Å². The molecule has 1 saturated carbocycles. The van der Waals surface area contributed by atoms with Crippen LogP contribution in [0, 0.1) is 4.91 Å². The van der Waals surface area contributed by atoms with Crippen molar-refractivity contribution in [1.82, 2.24) is 0 Å². The summed E-state index contributed by atoms with van der Waals surface area (Å²) in [6.07, 6.45) is 1.00. The fraction of sp³-hybridized carbons (Fsp3) is 0.400. The van der Waals surface area contributed by atoms with Crippen molar-refractivity contribution in [2.45, 2.75) is 50.5 Å². The minimum absolute atomic E-state index is 0.0884. The van der Waals surface area contributed by atoms with Crippen LogP contribution in [0.4, 0.5) is 28.9 Å². The number of hydrogen-bond donors (Lipinski definition) is 1. The van der Waals surface area contributed by atoms with Gasteiger partial charge in [-0.25, -0.2) is 8.78 Å². The average molecular weight is 380 g/mol. The van der Waals surface area contributed by atoms with E-state index in [1.54, 1.807) is 30.3 Å². The lowest BCUT2D eigenvalue weighted by Gasteiger charge is -2.26. The predicted octanol–water partition coefficient (Wildman–Crippen LogP) is 6.85. The molecule has 0 unspecified atom stereocenters. The summed E-state index contributed by atoms with van der Waals surface area (Å²) in [7, 11) is 0. The zero-order valence-corrected chi connectivity index (χ0v) is 14.6. The van der Waals surface area contributed by atoms with E-state index in [-0.39, 0.29) is 11.6 Å². The molecule has 3 nitrogen and oxygen atoms in total. The van der Waals surface area contributed by atoms with Gasteiger partial charge in [-0.05, 0) is 35.7 Å². The fourth-order valence-electron chi connectivity index (χ4n) is 3.51. The SMILES string of the molecule is O=Nc1c(-c2ccccc2)cc(NC2CCCCC2)cc1C(F)(F)C(F)F. The van der Waals surface area contributed by atoms with Crippen LogP contribution in [-0.4, -0.2) is 12.5 Å². The van der Waals surface area contributed by atoms with E-state index in [1.165, 1.54) is 6.07 Å². The van der Waals surface area contributed by atoms with Crippen LogP contribution in [0.2, 0.25) is 0 Å². The number of anilines is 1. The molecule has 3 rings (SSSR count). The molecule has 1 aliphatic carbocycles. The van der Waals surface area contributed by atoms with Crippen LogP contribution in [-0.2, 0) is 5.92 Å². The van der Waals surface area contributed by atoms with E-state index in [9.17, 15) is 22.5 Å². The van der Waals surface area contributed by atoms with Crippen molar-refractivity contribution in [1.29, 1.82) is 0 Å². The molecular weight excluding hydrogens is 360 g/mol. The Morgan fingerprint density at radius 3 is 2.30 bits per heavy atom. The maximum atomic E-state index is 14.2. The Morgan fingerprint density at radius 2 is 1.70 bits per heavy atom. The Balaban J connectivity index is 2.13. The largest absolute Gasteiger partial charge is 0.382 e. The second-order valence-electron chi connectivity index (χ2n) is 6.78. The van der Waals surface area contributed by atoms with Crippen LogP contribution in [0.1, 0.15) is 37.7 Å². The molecule has 27 heavy (non-hydrogen) atoms. The summed E-state index contributed by atoms with van der Waals surface area (Å²) >= 11 is 0. The molecule has 1 N–H and O–H groups in total. The van der Waals surface area contributed by atoms with E-state index in [1.807, 2.05) is 0 Å². The van der Waals surface area contributed by atoms with Gasteiger partial charge in [-0.1, -0.05) is 49.6 Å². The molecular formula is C20H20F4N2O. The lowest BCUT2D eigenvalue weighted by molar-refractivity contribution is -0.134. The minimum atomic E-state index is -4.48. The number of rotatable bonds is 6. The highest BCUT2D eigenvalue weighted by atomic mass is 19.3. The van der Waals surface area contributed by atoms with Crippen LogP contribution in [0.5, 0.6) is 0 Å². The second-order valence-corrected chi connectivity index (χ2v) is 6.78. The molecule has 2 aromatic carbocycles. The van der Waals surface area contributed by atoms with Gasteiger partial charge in [0.05, 0.1) is 5.56 Å². The summed E-state index contributed by atoms with van der Waals surface area (Å²) in [6.45, 7) is 0. The Morgan fingerprint density at radius 1 is 1.04 bits per heavy atom. The first-order valence-corrected chi connectivity index (χ1v) is 8.93. The third kappa shape index (κ3) is 4.12. The summed E-state index contributed by atoms with van der Waals surface area (Å²) in [6, 6.07) is 10.9. The van der Waals surface area contributed by atoms with E-state index in [4.69, 9.17) is 0 Å². The Kier molecular flexibility index (Phi) is 5.77. The van der Waals surface area contributed by atoms with Gasteiger partial charge >= 0.3 is 12.3 Å². The quantitative estimate of drug-likeness (QED) is 0.440. The summed E-state index contributed by atoms with van der Waals surface area (Å²) < 4.78 is 54.5. The lowest BCUT2D eigenvalue weighted by Crippen LogP contribution is -2.25. The van der Waals surface area contributed by atoms with Gasteiger partial charge < -0.3 is 5.32 Å². The summed E-state index contributed by atoms with van der Waals surface area (Å²) in [5, 5.41) is 5.86. The van der Waals surface area contributed by atoms with Gasteiger partial charge in [0, 0.05) is 17.3 Å². The van der Waals surface area contributed by atoms with Crippen molar-refractivity contribution in [3.05, 3.63) is 52.9 Å².